The van der Waals surface area contributed by atoms with Gasteiger partial charge in [-0.3, -0.25) is 68.6 Å². The number of nitrogens with one attached hydrogen (secondary N) is 6. The second-order valence-electron chi connectivity index (χ2n) is 29.4. The van der Waals surface area contributed by atoms with Gasteiger partial charge < -0.3 is 60.5 Å². The van der Waals surface area contributed by atoms with Crippen molar-refractivity contribution in [3.05, 3.63) is 423 Å². The Labute approximate surface area is 808 Å². The lowest BCUT2D eigenvalue weighted by atomic mass is 10.1. The van der Waals surface area contributed by atoms with E-state index in [1.54, 1.807) is 196 Å². The molecular formula is C103H87N27O11. The topological polar surface area (TPSA) is 482 Å². The Hall–Kier alpha value is -20.3. The zero-order chi connectivity index (χ0) is 98.0. The first kappa shape index (κ1) is 99.7. The van der Waals surface area contributed by atoms with Crippen molar-refractivity contribution in [2.45, 2.75) is 42.0 Å². The summed E-state index contributed by atoms with van der Waals surface area (Å²) in [5.74, 6) is 6.76. The molecule has 3 aromatic carbocycles. The smallest absolute Gasteiger partial charge is 0.274 e. The van der Waals surface area contributed by atoms with Crippen LogP contribution in [0.5, 0.6) is 57.6 Å². The molecule has 0 aliphatic rings. The zero-order valence-electron chi connectivity index (χ0n) is 75.4. The molecule has 6 N–H and O–H groups in total. The predicted octanol–water partition coefficient (Wildman–Crippen LogP) is 18.4. The lowest BCUT2D eigenvalue weighted by Crippen LogP contribution is -2.14. The van der Waals surface area contributed by atoms with Crippen molar-refractivity contribution < 1.29 is 52.5 Å². The number of hydrogen-bond acceptors (Lipinski definition) is 32. The van der Waals surface area contributed by atoms with Crippen LogP contribution in [-0.2, 0) is 0 Å². The predicted molar refractivity (Wildman–Crippen MR) is 526 cm³/mol. The second kappa shape index (κ2) is 51.7. The van der Waals surface area contributed by atoms with Crippen LogP contribution in [-0.4, -0.2) is 142 Å². The van der Waals surface area contributed by atoms with Gasteiger partial charge in [-0.05, 0) is 148 Å². The summed E-state index contributed by atoms with van der Waals surface area (Å²) in [6.07, 6.45) is 50.2. The van der Waals surface area contributed by atoms with E-state index in [1.807, 2.05) is 101 Å². The van der Waals surface area contributed by atoms with Crippen LogP contribution < -0.4 is 60.5 Å². The largest absolute Gasteiger partial charge is 0.452 e. The molecule has 0 spiro atoms. The Morgan fingerprint density at radius 1 is 0.284 bits per heavy atom. The Bertz CT molecular complexity index is 6910. The first-order valence-electron chi connectivity index (χ1n) is 42.1. The van der Waals surface area contributed by atoms with Crippen LogP contribution in [0.2, 0.25) is 0 Å². The summed E-state index contributed by atoms with van der Waals surface area (Å²) in [5.41, 5.74) is 11.9. The van der Waals surface area contributed by atoms with E-state index in [0.717, 1.165) is 33.5 Å². The van der Waals surface area contributed by atoms with E-state index in [1.165, 1.54) is 106 Å². The van der Waals surface area contributed by atoms with E-state index in [-0.39, 0.29) is 42.9 Å². The summed E-state index contributed by atoms with van der Waals surface area (Å²) < 4.78 is 27.9. The third-order valence-electron chi connectivity index (χ3n) is 18.4. The standard InChI is InChI=1S/C19H13N3O2.C18H17N5O.C17H14N4O2.3C16H13N5O2.CH4/c1-2-14-6-3-7-15(12-14)19(23)22-17-9-4-10-18(21-17)24-16-8-5-11-20-13-16;1-13-4-3-5-14(8-13)18(24)22-15-6-7-21-17(9-15)23(2)16-10-19-12-20-11-16;1-12-3-2-4-13(5-12)17(22)21-14-6-15(8-18-7-14)23-16-9-19-11-20-10-16;1-11-2-3-15(20-5-11)16(22)21-12-4-13(7-17-6-12)23-14-8-18-10-19-9-14;2*1-11-2-3-20-15(4-11)16(22)21-12-5-13(7-17-6-12)23-14-8-18-10-19-9-14;/h1,3-13H,(H,21,22,23);3-12H,1-2H3,(H,21,22,24);2-11H,1H3,(H,21,22);3*2-10H,1H3,(H,21,22);1H4. The molecule has 38 heteroatoms. The minimum Gasteiger partial charge on any atom is -0.452 e. The van der Waals surface area contributed by atoms with E-state index in [9.17, 15) is 28.8 Å². The molecule has 0 atom stereocenters. The number of carbonyl (C=O) groups excluding carboxylic acids is 6. The Morgan fingerprint density at radius 2 is 0.667 bits per heavy atom. The SMILES string of the molecule is C.C#Cc1cccc(C(=O)Nc2cccc(Oc3cccnc3)n2)c1.Cc1ccc(C(=O)Nc2cncc(Oc3cncnc3)c2)nc1.Cc1cccc(C(=O)Nc2ccnc(N(C)c3cncnc3)c2)c1.Cc1cccc(C(=O)Nc2cncc(Oc3cncnc3)c2)c1.Cc1ccnc(C(=O)Nc2cncc(Oc3cncnc3)c2)c1.Cc1ccnc(C(=O)Nc2cncc(Oc3cncnc3)c2)c1. The van der Waals surface area contributed by atoms with Gasteiger partial charge >= 0.3 is 0 Å². The number of pyridine rings is 10. The number of hydrogen-bond donors (Lipinski definition) is 6. The fraction of sp³-hybridized carbons (Fsp3) is 0.0680. The Balaban J connectivity index is 0.000000151. The maximum atomic E-state index is 12.4. The average Bonchev–Trinajstić information content (AvgIpc) is 0.843. The highest BCUT2D eigenvalue weighted by Crippen LogP contribution is 2.30. The number of ether oxygens (including phenoxy) is 5. The molecule has 700 valence electrons. The van der Waals surface area contributed by atoms with E-state index in [4.69, 9.17) is 30.1 Å². The fourth-order valence-electron chi connectivity index (χ4n) is 11.8. The minimum absolute atomic E-state index is 0. The van der Waals surface area contributed by atoms with Crippen molar-refractivity contribution in [3.8, 4) is 70.0 Å². The summed E-state index contributed by atoms with van der Waals surface area (Å²) in [6, 6.07) is 51.1. The van der Waals surface area contributed by atoms with Gasteiger partial charge in [-0.2, -0.15) is 4.98 Å². The number of rotatable bonds is 24. The number of benzene rings is 3. The second-order valence-corrected chi connectivity index (χ2v) is 29.4. The molecule has 15 heterocycles. The number of anilines is 8. The highest BCUT2D eigenvalue weighted by Gasteiger charge is 2.17. The van der Waals surface area contributed by atoms with E-state index >= 15 is 0 Å². The Morgan fingerprint density at radius 3 is 1.09 bits per heavy atom. The number of amides is 6. The van der Waals surface area contributed by atoms with Crippen LogP contribution in [0.4, 0.5) is 45.8 Å². The number of aromatic nitrogens is 20. The van der Waals surface area contributed by atoms with Crippen molar-refractivity contribution in [3.63, 3.8) is 0 Å². The number of terminal acetylenes is 1. The first-order chi connectivity index (χ1) is 68.2. The summed E-state index contributed by atoms with van der Waals surface area (Å²) >= 11 is 0. The molecular weight excluding hydrogens is 1790 g/mol. The summed E-state index contributed by atoms with van der Waals surface area (Å²) in [5, 5.41) is 16.6. The molecule has 0 unspecified atom stereocenters. The van der Waals surface area contributed by atoms with Gasteiger partial charge in [0.15, 0.2) is 23.0 Å². The quantitative estimate of drug-likeness (QED) is 0.0306. The van der Waals surface area contributed by atoms with Gasteiger partial charge in [0.05, 0.1) is 146 Å². The van der Waals surface area contributed by atoms with Crippen molar-refractivity contribution in [1.82, 2.24) is 99.7 Å². The normalized spacial score (nSPS) is 10.0. The van der Waals surface area contributed by atoms with E-state index < -0.39 is 0 Å². The molecule has 141 heavy (non-hydrogen) atoms. The molecule has 0 saturated heterocycles. The average molecular weight is 1880 g/mol. The number of carbonyl (C=O) groups is 6. The molecule has 0 aliphatic heterocycles. The molecule has 0 saturated carbocycles. The fourth-order valence-corrected chi connectivity index (χ4v) is 11.8. The molecule has 18 aromatic rings. The van der Waals surface area contributed by atoms with Gasteiger partial charge in [-0.1, -0.05) is 66.9 Å². The zero-order valence-corrected chi connectivity index (χ0v) is 75.4. The summed E-state index contributed by atoms with van der Waals surface area (Å²) in [6.45, 7) is 9.60. The molecule has 0 fully saturated rings. The molecule has 15 aromatic heterocycles. The highest BCUT2D eigenvalue weighted by atomic mass is 16.5. The van der Waals surface area contributed by atoms with Crippen LogP contribution >= 0.6 is 0 Å². The Kier molecular flexibility index (Phi) is 36.6. The van der Waals surface area contributed by atoms with Crippen LogP contribution in [0.15, 0.2) is 356 Å². The highest BCUT2D eigenvalue weighted by molar-refractivity contribution is 6.07. The molecule has 0 aliphatic carbocycles. The van der Waals surface area contributed by atoms with Crippen LogP contribution in [0.1, 0.15) is 103 Å². The monoisotopic (exact) mass is 1880 g/mol. The third-order valence-corrected chi connectivity index (χ3v) is 18.4. The molecule has 0 radical (unpaired) electrons. The maximum absolute atomic E-state index is 12.4. The maximum Gasteiger partial charge on any atom is 0.274 e. The van der Waals surface area contributed by atoms with Crippen molar-refractivity contribution in [1.29, 1.82) is 0 Å². The molecule has 18 rings (SSSR count). The van der Waals surface area contributed by atoms with Gasteiger partial charge in [-0.25, -0.2) is 54.8 Å². The van der Waals surface area contributed by atoms with Crippen molar-refractivity contribution in [2.75, 3.05) is 43.8 Å². The van der Waals surface area contributed by atoms with Gasteiger partial charge in [0, 0.05) is 102 Å². The summed E-state index contributed by atoms with van der Waals surface area (Å²) in [7, 11) is 1.87. The third kappa shape index (κ3) is 32.6. The van der Waals surface area contributed by atoms with Crippen LogP contribution in [0, 0.1) is 47.0 Å². The van der Waals surface area contributed by atoms with Crippen molar-refractivity contribution >= 4 is 81.2 Å². The molecule has 38 nitrogen and oxygen atoms in total. The summed E-state index contributed by atoms with van der Waals surface area (Å²) in [4.78, 5) is 155. The van der Waals surface area contributed by atoms with Gasteiger partial charge in [-0.15, -0.1) is 6.42 Å². The van der Waals surface area contributed by atoms with E-state index in [0.29, 0.717) is 137 Å². The van der Waals surface area contributed by atoms with Crippen LogP contribution in [0.3, 0.4) is 0 Å². The van der Waals surface area contributed by atoms with Gasteiger partial charge in [0.2, 0.25) is 5.88 Å². The lowest BCUT2D eigenvalue weighted by Gasteiger charge is -2.18. The molecule has 0 bridgehead atoms. The minimum atomic E-state index is -0.313. The van der Waals surface area contributed by atoms with Gasteiger partial charge in [0.25, 0.3) is 35.4 Å². The first-order valence-corrected chi connectivity index (χ1v) is 42.1. The molecule has 6 amide bonds. The van der Waals surface area contributed by atoms with E-state index in [2.05, 4.69) is 138 Å². The number of aryl methyl sites for hydroxylation is 5. The van der Waals surface area contributed by atoms with Crippen LogP contribution in [0.25, 0.3) is 0 Å². The van der Waals surface area contributed by atoms with Crippen molar-refractivity contribution in [2.24, 2.45) is 0 Å². The lowest BCUT2D eigenvalue weighted by molar-refractivity contribution is 0.101. The number of nitrogens with zero attached hydrogens (tertiary/aromatic N) is 21. The van der Waals surface area contributed by atoms with Gasteiger partial charge in [0.1, 0.15) is 89.1 Å².